The molecule has 0 aliphatic heterocycles. The van der Waals surface area contributed by atoms with Crippen molar-refractivity contribution in [2.75, 3.05) is 0 Å². The van der Waals surface area contributed by atoms with Crippen molar-refractivity contribution in [3.05, 3.63) is 115 Å². The Morgan fingerprint density at radius 2 is 0.903 bits per heavy atom. The number of thiol groups is 1. The van der Waals surface area contributed by atoms with Crippen LogP contribution < -0.4 is 0 Å². The fraction of sp³-hybridized carbons (Fsp3) is 0. The van der Waals surface area contributed by atoms with Crippen LogP contribution in [0, 0.1) is 0 Å². The van der Waals surface area contributed by atoms with Crippen LogP contribution in [-0.4, -0.2) is 0 Å². The van der Waals surface area contributed by atoms with E-state index in [2.05, 4.69) is 122 Å². The van der Waals surface area contributed by atoms with Gasteiger partial charge in [0.1, 0.15) is 0 Å². The predicted octanol–water partition coefficient (Wildman–Crippen LogP) is 8.77. The van der Waals surface area contributed by atoms with Gasteiger partial charge in [-0.3, -0.25) is 0 Å². The van der Waals surface area contributed by atoms with Crippen molar-refractivity contribution in [1.29, 1.82) is 0 Å². The lowest BCUT2D eigenvalue weighted by Crippen LogP contribution is -1.91. The third kappa shape index (κ3) is 3.01. The minimum absolute atomic E-state index is 0.976. The third-order valence-electron chi connectivity index (χ3n) is 6.10. The van der Waals surface area contributed by atoms with E-state index in [4.69, 9.17) is 0 Å². The summed E-state index contributed by atoms with van der Waals surface area (Å²) < 4.78 is 0. The molecule has 31 heavy (non-hydrogen) atoms. The maximum absolute atomic E-state index is 4.60. The lowest BCUT2D eigenvalue weighted by molar-refractivity contribution is 1.48. The molecule has 0 unspecified atom stereocenters. The van der Waals surface area contributed by atoms with E-state index in [9.17, 15) is 0 Å². The van der Waals surface area contributed by atoms with Gasteiger partial charge in [0, 0.05) is 4.90 Å². The number of hydrogen-bond acceptors (Lipinski definition) is 1. The molecule has 0 saturated carbocycles. The Labute approximate surface area is 187 Å². The van der Waals surface area contributed by atoms with Crippen LogP contribution in [0.4, 0.5) is 0 Å². The van der Waals surface area contributed by atoms with Gasteiger partial charge in [-0.25, -0.2) is 0 Å². The van der Waals surface area contributed by atoms with Crippen LogP contribution in [0.2, 0.25) is 0 Å². The molecule has 6 aromatic rings. The lowest BCUT2D eigenvalue weighted by atomic mass is 9.85. The van der Waals surface area contributed by atoms with E-state index in [0.717, 1.165) is 4.90 Å². The number of hydrogen-bond donors (Lipinski definition) is 1. The maximum Gasteiger partial charge on any atom is 0.00461 e. The Kier molecular flexibility index (Phi) is 4.29. The van der Waals surface area contributed by atoms with Gasteiger partial charge in [-0.1, -0.05) is 97.1 Å². The van der Waals surface area contributed by atoms with Gasteiger partial charge >= 0.3 is 0 Å². The van der Waals surface area contributed by atoms with Crippen LogP contribution in [0.15, 0.2) is 120 Å². The van der Waals surface area contributed by atoms with Crippen molar-refractivity contribution in [1.82, 2.24) is 0 Å². The van der Waals surface area contributed by atoms with Gasteiger partial charge in [0.2, 0.25) is 0 Å². The normalized spacial score (nSPS) is 11.4. The summed E-state index contributed by atoms with van der Waals surface area (Å²) in [4.78, 5) is 0.976. The van der Waals surface area contributed by atoms with Crippen LogP contribution in [-0.2, 0) is 0 Å². The summed E-state index contributed by atoms with van der Waals surface area (Å²) in [6, 6.07) is 41.3. The van der Waals surface area contributed by atoms with Crippen molar-refractivity contribution in [3.8, 4) is 22.3 Å². The van der Waals surface area contributed by atoms with E-state index in [-0.39, 0.29) is 0 Å². The Hall–Kier alpha value is -3.55. The number of benzene rings is 6. The van der Waals surface area contributed by atoms with Gasteiger partial charge in [0.05, 0.1) is 0 Å². The summed E-state index contributed by atoms with van der Waals surface area (Å²) in [7, 11) is 0. The highest BCUT2D eigenvalue weighted by Gasteiger charge is 2.16. The van der Waals surface area contributed by atoms with Crippen LogP contribution in [0.25, 0.3) is 54.6 Å². The van der Waals surface area contributed by atoms with Crippen molar-refractivity contribution in [2.24, 2.45) is 0 Å². The van der Waals surface area contributed by atoms with Gasteiger partial charge in [-0.15, -0.1) is 12.6 Å². The second-order valence-electron chi connectivity index (χ2n) is 7.95. The molecular weight excluding hydrogens is 392 g/mol. The highest BCUT2D eigenvalue weighted by Crippen LogP contribution is 2.44. The molecule has 0 amide bonds. The molecule has 0 heterocycles. The first kappa shape index (κ1) is 18.2. The molecule has 0 radical (unpaired) electrons. The molecule has 0 saturated heterocycles. The molecule has 1 heteroatoms. The standard InChI is InChI=1S/C30H20S/c31-24-11-7-10-22(19-24)29-25-12-3-5-14-27(25)30(28-15-6-4-13-26(28)29)23-17-16-20-8-1-2-9-21(20)18-23/h1-19,31H. The Morgan fingerprint density at radius 1 is 0.387 bits per heavy atom. The van der Waals surface area contributed by atoms with Crippen LogP contribution in [0.3, 0.4) is 0 Å². The van der Waals surface area contributed by atoms with Crippen molar-refractivity contribution >= 4 is 44.9 Å². The van der Waals surface area contributed by atoms with Gasteiger partial charge in [-0.2, -0.15) is 0 Å². The highest BCUT2D eigenvalue weighted by molar-refractivity contribution is 7.80. The second kappa shape index (κ2) is 7.30. The first-order valence-electron chi connectivity index (χ1n) is 10.5. The van der Waals surface area contributed by atoms with E-state index in [1.54, 1.807) is 0 Å². The second-order valence-corrected chi connectivity index (χ2v) is 8.47. The molecule has 0 N–H and O–H groups in total. The SMILES string of the molecule is Sc1cccc(-c2c3ccccc3c(-c3ccc4ccccc4c3)c3ccccc23)c1. The van der Waals surface area contributed by atoms with E-state index >= 15 is 0 Å². The van der Waals surface area contributed by atoms with E-state index in [1.165, 1.54) is 54.6 Å². The topological polar surface area (TPSA) is 0 Å². The van der Waals surface area contributed by atoms with Crippen LogP contribution in [0.1, 0.15) is 0 Å². The molecule has 0 aliphatic rings. The lowest BCUT2D eigenvalue weighted by Gasteiger charge is -2.18. The Morgan fingerprint density at radius 3 is 1.48 bits per heavy atom. The highest BCUT2D eigenvalue weighted by atomic mass is 32.1. The molecule has 0 aliphatic carbocycles. The Bertz CT molecular complexity index is 1540. The van der Waals surface area contributed by atoms with Crippen molar-refractivity contribution in [2.45, 2.75) is 4.90 Å². The van der Waals surface area contributed by atoms with Gasteiger partial charge < -0.3 is 0 Å². The Balaban J connectivity index is 1.78. The zero-order valence-electron chi connectivity index (χ0n) is 16.9. The minimum Gasteiger partial charge on any atom is -0.143 e. The summed E-state index contributed by atoms with van der Waals surface area (Å²) in [5.74, 6) is 0. The number of rotatable bonds is 2. The summed E-state index contributed by atoms with van der Waals surface area (Å²) in [5.41, 5.74) is 5.01. The molecule has 0 atom stereocenters. The van der Waals surface area contributed by atoms with Gasteiger partial charge in [-0.05, 0) is 72.8 Å². The monoisotopic (exact) mass is 412 g/mol. The molecule has 0 aromatic heterocycles. The first-order valence-corrected chi connectivity index (χ1v) is 11.0. The smallest absolute Gasteiger partial charge is 0.00461 e. The molecule has 0 bridgehead atoms. The van der Waals surface area contributed by atoms with E-state index < -0.39 is 0 Å². The molecular formula is C30H20S. The average molecular weight is 413 g/mol. The van der Waals surface area contributed by atoms with Gasteiger partial charge in [0.25, 0.3) is 0 Å². The average Bonchev–Trinajstić information content (AvgIpc) is 2.82. The largest absolute Gasteiger partial charge is 0.143 e. The summed E-state index contributed by atoms with van der Waals surface area (Å²) in [6.45, 7) is 0. The quantitative estimate of drug-likeness (QED) is 0.213. The third-order valence-corrected chi connectivity index (χ3v) is 6.38. The molecule has 6 rings (SSSR count). The summed E-state index contributed by atoms with van der Waals surface area (Å²) in [6.07, 6.45) is 0. The van der Waals surface area contributed by atoms with Crippen molar-refractivity contribution < 1.29 is 0 Å². The fourth-order valence-electron chi connectivity index (χ4n) is 4.76. The molecule has 6 aromatic carbocycles. The minimum atomic E-state index is 0.976. The van der Waals surface area contributed by atoms with Crippen LogP contribution in [0.5, 0.6) is 0 Å². The van der Waals surface area contributed by atoms with Gasteiger partial charge in [0.15, 0.2) is 0 Å². The predicted molar refractivity (Wildman–Crippen MR) is 137 cm³/mol. The molecule has 0 spiro atoms. The molecule has 146 valence electrons. The van der Waals surface area contributed by atoms with Crippen molar-refractivity contribution in [3.63, 3.8) is 0 Å². The van der Waals surface area contributed by atoms with E-state index in [0.29, 0.717) is 0 Å². The number of fused-ring (bicyclic) bond motifs is 3. The molecule has 0 fully saturated rings. The zero-order valence-corrected chi connectivity index (χ0v) is 17.8. The maximum atomic E-state index is 4.60. The summed E-state index contributed by atoms with van der Waals surface area (Å²) >= 11 is 4.60. The molecule has 0 nitrogen and oxygen atoms in total. The summed E-state index contributed by atoms with van der Waals surface area (Å²) in [5, 5.41) is 7.61. The van der Waals surface area contributed by atoms with Crippen LogP contribution >= 0.6 is 12.6 Å². The first-order chi connectivity index (χ1) is 15.3. The fourth-order valence-corrected chi connectivity index (χ4v) is 4.98. The van der Waals surface area contributed by atoms with E-state index in [1.807, 2.05) is 6.07 Å². The zero-order chi connectivity index (χ0) is 20.8.